The van der Waals surface area contributed by atoms with E-state index in [2.05, 4.69) is 5.32 Å². The Labute approximate surface area is 222 Å². The predicted molar refractivity (Wildman–Crippen MR) is 150 cm³/mol. The Balaban J connectivity index is 1.51. The second-order valence-corrected chi connectivity index (χ2v) is 9.63. The van der Waals surface area contributed by atoms with Gasteiger partial charge in [0.25, 0.3) is 0 Å². The molecule has 0 aliphatic heterocycles. The lowest BCUT2D eigenvalue weighted by molar-refractivity contribution is -0.142. The number of urea groups is 1. The van der Waals surface area contributed by atoms with E-state index in [9.17, 15) is 9.59 Å². The number of carbonyl (C=O) groups is 2. The van der Waals surface area contributed by atoms with E-state index < -0.39 is 0 Å². The highest BCUT2D eigenvalue weighted by Gasteiger charge is 2.23. The van der Waals surface area contributed by atoms with Crippen LogP contribution in [0.3, 0.4) is 0 Å². The van der Waals surface area contributed by atoms with Gasteiger partial charge < -0.3 is 10.1 Å². The van der Waals surface area contributed by atoms with Crippen LogP contribution in [-0.4, -0.2) is 18.6 Å². The van der Waals surface area contributed by atoms with Gasteiger partial charge in [-0.1, -0.05) is 78.5 Å². The number of amides is 2. The standard InChI is InChI=1S/C31H30N2O3S/c1-3-36-30(34)21-24-12-10-18-28(20-24)37-29-19-11-15-26(22-29)32-31(35)33(27-16-8-5-9-17-27)23(2)25-13-6-4-7-14-25/h4-20,22-23H,3,21H2,1-2H3,(H,32,35). The molecule has 4 rings (SSSR count). The summed E-state index contributed by atoms with van der Waals surface area (Å²) in [5.74, 6) is -0.234. The summed E-state index contributed by atoms with van der Waals surface area (Å²) < 4.78 is 5.06. The van der Waals surface area contributed by atoms with Crippen molar-refractivity contribution in [3.8, 4) is 0 Å². The quantitative estimate of drug-likeness (QED) is 0.234. The van der Waals surface area contributed by atoms with E-state index in [-0.39, 0.29) is 24.5 Å². The average molecular weight is 511 g/mol. The summed E-state index contributed by atoms with van der Waals surface area (Å²) in [6.45, 7) is 4.20. The van der Waals surface area contributed by atoms with Gasteiger partial charge >= 0.3 is 12.0 Å². The van der Waals surface area contributed by atoms with Gasteiger partial charge in [0.05, 0.1) is 19.1 Å². The van der Waals surface area contributed by atoms with Crippen LogP contribution in [0.5, 0.6) is 0 Å². The molecule has 0 heterocycles. The van der Waals surface area contributed by atoms with Crippen LogP contribution >= 0.6 is 11.8 Å². The minimum Gasteiger partial charge on any atom is -0.466 e. The average Bonchev–Trinajstić information content (AvgIpc) is 2.90. The number of carbonyl (C=O) groups excluding carboxylic acids is 2. The molecule has 0 aromatic heterocycles. The van der Waals surface area contributed by atoms with Gasteiger partial charge in [-0.2, -0.15) is 0 Å². The number of para-hydroxylation sites is 1. The van der Waals surface area contributed by atoms with E-state index in [1.165, 1.54) is 0 Å². The van der Waals surface area contributed by atoms with Crippen molar-refractivity contribution in [1.29, 1.82) is 0 Å². The molecule has 6 heteroatoms. The van der Waals surface area contributed by atoms with E-state index in [0.717, 1.165) is 26.6 Å². The number of rotatable bonds is 9. The molecular weight excluding hydrogens is 480 g/mol. The Morgan fingerprint density at radius 3 is 2.19 bits per heavy atom. The van der Waals surface area contributed by atoms with Crippen molar-refractivity contribution in [3.63, 3.8) is 0 Å². The van der Waals surface area contributed by atoms with Crippen LogP contribution in [0.25, 0.3) is 0 Å². The largest absolute Gasteiger partial charge is 0.466 e. The van der Waals surface area contributed by atoms with Crippen molar-refractivity contribution in [2.24, 2.45) is 0 Å². The smallest absolute Gasteiger partial charge is 0.326 e. The van der Waals surface area contributed by atoms with Crippen molar-refractivity contribution < 1.29 is 14.3 Å². The summed E-state index contributed by atoms with van der Waals surface area (Å²) in [6, 6.07) is 34.9. The maximum absolute atomic E-state index is 13.6. The summed E-state index contributed by atoms with van der Waals surface area (Å²) in [7, 11) is 0. The summed E-state index contributed by atoms with van der Waals surface area (Å²) >= 11 is 1.57. The molecule has 1 N–H and O–H groups in total. The van der Waals surface area contributed by atoms with Crippen LogP contribution in [0.4, 0.5) is 16.2 Å². The first-order chi connectivity index (χ1) is 18.0. The Morgan fingerprint density at radius 1 is 0.838 bits per heavy atom. The molecule has 188 valence electrons. The van der Waals surface area contributed by atoms with Gasteiger partial charge in [0.2, 0.25) is 0 Å². The zero-order valence-electron chi connectivity index (χ0n) is 21.0. The van der Waals surface area contributed by atoms with Crippen LogP contribution in [-0.2, 0) is 16.0 Å². The molecule has 5 nitrogen and oxygen atoms in total. The first kappa shape index (κ1) is 26.0. The first-order valence-electron chi connectivity index (χ1n) is 12.3. The summed E-state index contributed by atoms with van der Waals surface area (Å²) in [5.41, 5.74) is 3.48. The van der Waals surface area contributed by atoms with Crippen LogP contribution < -0.4 is 10.2 Å². The van der Waals surface area contributed by atoms with E-state index in [1.807, 2.05) is 116 Å². The van der Waals surface area contributed by atoms with E-state index >= 15 is 0 Å². The highest BCUT2D eigenvalue weighted by atomic mass is 32.2. The maximum Gasteiger partial charge on any atom is 0.326 e. The van der Waals surface area contributed by atoms with Crippen LogP contribution in [0.15, 0.2) is 119 Å². The van der Waals surface area contributed by atoms with Crippen LogP contribution in [0.1, 0.15) is 31.0 Å². The van der Waals surface area contributed by atoms with Crippen molar-refractivity contribution in [1.82, 2.24) is 0 Å². The number of nitrogens with one attached hydrogen (secondary N) is 1. The summed E-state index contributed by atoms with van der Waals surface area (Å²) in [4.78, 5) is 29.2. The molecule has 2 amide bonds. The zero-order valence-corrected chi connectivity index (χ0v) is 21.8. The van der Waals surface area contributed by atoms with Crippen LogP contribution in [0, 0.1) is 0 Å². The molecule has 0 saturated carbocycles. The Bertz CT molecular complexity index is 1330. The minimum atomic E-state index is -0.234. The molecule has 1 unspecified atom stereocenters. The molecule has 0 saturated heterocycles. The van der Waals surface area contributed by atoms with E-state index in [0.29, 0.717) is 12.3 Å². The Hall–Kier alpha value is -4.03. The highest BCUT2D eigenvalue weighted by Crippen LogP contribution is 2.31. The SMILES string of the molecule is CCOC(=O)Cc1cccc(Sc2cccc(NC(=O)N(c3ccccc3)C(C)c3ccccc3)c2)c1. The van der Waals surface area contributed by atoms with Crippen molar-refractivity contribution in [2.75, 3.05) is 16.8 Å². The number of anilines is 2. The number of hydrogen-bond donors (Lipinski definition) is 1. The van der Waals surface area contributed by atoms with Crippen molar-refractivity contribution in [3.05, 3.63) is 120 Å². The number of nitrogens with zero attached hydrogens (tertiary/aromatic N) is 1. The molecule has 0 spiro atoms. The number of hydrogen-bond acceptors (Lipinski definition) is 4. The second kappa shape index (κ2) is 12.8. The fraction of sp³-hybridized carbons (Fsp3) is 0.161. The third kappa shape index (κ3) is 7.24. The van der Waals surface area contributed by atoms with Crippen LogP contribution in [0.2, 0.25) is 0 Å². The minimum absolute atomic E-state index is 0.164. The third-order valence-corrected chi connectivity index (χ3v) is 6.77. The van der Waals surface area contributed by atoms with Gasteiger partial charge in [0, 0.05) is 21.2 Å². The lowest BCUT2D eigenvalue weighted by Crippen LogP contribution is -2.37. The molecule has 0 radical (unpaired) electrons. The number of benzene rings is 4. The van der Waals surface area contributed by atoms with Gasteiger partial charge in [-0.05, 0) is 67.4 Å². The van der Waals surface area contributed by atoms with E-state index in [4.69, 9.17) is 4.74 Å². The highest BCUT2D eigenvalue weighted by molar-refractivity contribution is 7.99. The molecule has 0 aliphatic carbocycles. The fourth-order valence-corrected chi connectivity index (χ4v) is 5.00. The van der Waals surface area contributed by atoms with Crippen molar-refractivity contribution in [2.45, 2.75) is 36.1 Å². The first-order valence-corrected chi connectivity index (χ1v) is 13.1. The van der Waals surface area contributed by atoms with Gasteiger partial charge in [0.1, 0.15) is 0 Å². The zero-order chi connectivity index (χ0) is 26.0. The number of ether oxygens (including phenoxy) is 1. The molecule has 4 aromatic rings. The Kier molecular flexibility index (Phi) is 9.00. The van der Waals surface area contributed by atoms with Gasteiger partial charge in [-0.25, -0.2) is 4.79 Å². The normalized spacial score (nSPS) is 11.4. The number of esters is 1. The molecule has 0 bridgehead atoms. The van der Waals surface area contributed by atoms with E-state index in [1.54, 1.807) is 23.6 Å². The molecule has 1 atom stereocenters. The molecule has 0 aliphatic rings. The van der Waals surface area contributed by atoms with Crippen molar-refractivity contribution >= 4 is 35.1 Å². The second-order valence-electron chi connectivity index (χ2n) is 8.48. The maximum atomic E-state index is 13.6. The topological polar surface area (TPSA) is 58.6 Å². The molecule has 4 aromatic carbocycles. The lowest BCUT2D eigenvalue weighted by atomic mass is 10.1. The lowest BCUT2D eigenvalue weighted by Gasteiger charge is -2.30. The fourth-order valence-electron chi connectivity index (χ4n) is 4.04. The van der Waals surface area contributed by atoms with Gasteiger partial charge in [-0.3, -0.25) is 9.69 Å². The predicted octanol–water partition coefficient (Wildman–Crippen LogP) is 7.74. The third-order valence-electron chi connectivity index (χ3n) is 5.80. The molecule has 37 heavy (non-hydrogen) atoms. The monoisotopic (exact) mass is 510 g/mol. The van der Waals surface area contributed by atoms with Gasteiger partial charge in [-0.15, -0.1) is 0 Å². The molecule has 0 fully saturated rings. The Morgan fingerprint density at radius 2 is 1.49 bits per heavy atom. The summed E-state index contributed by atoms with van der Waals surface area (Å²) in [6.07, 6.45) is 0.243. The summed E-state index contributed by atoms with van der Waals surface area (Å²) in [5, 5.41) is 3.08. The van der Waals surface area contributed by atoms with Gasteiger partial charge in [0.15, 0.2) is 0 Å². The molecular formula is C31H30N2O3S.